The standard InChI is InChI=1S/C15H21N3O/c1-11-9-14(11)15(19)18-7-5-17(6-8-18)13-4-2-3-12(16)10-13/h2-4,10-11,14H,5-9,16H2,1H3. The van der Waals surface area contributed by atoms with Crippen molar-refractivity contribution < 1.29 is 4.79 Å². The summed E-state index contributed by atoms with van der Waals surface area (Å²) >= 11 is 0. The number of nitrogens with zero attached hydrogens (tertiary/aromatic N) is 2. The van der Waals surface area contributed by atoms with Crippen molar-refractivity contribution in [2.24, 2.45) is 11.8 Å². The molecule has 2 N–H and O–H groups in total. The van der Waals surface area contributed by atoms with Crippen molar-refractivity contribution in [3.63, 3.8) is 0 Å². The van der Waals surface area contributed by atoms with Crippen LogP contribution in [0.2, 0.25) is 0 Å². The van der Waals surface area contributed by atoms with Crippen molar-refractivity contribution in [1.82, 2.24) is 4.90 Å². The number of nitrogens with two attached hydrogens (primary N) is 1. The normalized spacial score (nSPS) is 26.4. The van der Waals surface area contributed by atoms with E-state index < -0.39 is 0 Å². The number of piperazine rings is 1. The molecule has 1 saturated carbocycles. The van der Waals surface area contributed by atoms with E-state index in [1.165, 1.54) is 0 Å². The number of benzene rings is 1. The molecule has 1 amide bonds. The Morgan fingerprint density at radius 3 is 2.53 bits per heavy atom. The highest BCUT2D eigenvalue weighted by atomic mass is 16.2. The summed E-state index contributed by atoms with van der Waals surface area (Å²) in [7, 11) is 0. The van der Waals surface area contributed by atoms with Crippen LogP contribution in [0.5, 0.6) is 0 Å². The molecule has 2 atom stereocenters. The summed E-state index contributed by atoms with van der Waals surface area (Å²) in [5, 5.41) is 0. The molecular weight excluding hydrogens is 238 g/mol. The summed E-state index contributed by atoms with van der Waals surface area (Å²) in [6.45, 7) is 5.62. The van der Waals surface area contributed by atoms with E-state index in [0.29, 0.717) is 17.7 Å². The molecule has 2 aliphatic rings. The predicted molar refractivity (Wildman–Crippen MR) is 76.9 cm³/mol. The molecule has 19 heavy (non-hydrogen) atoms. The molecule has 0 spiro atoms. The maximum absolute atomic E-state index is 12.2. The van der Waals surface area contributed by atoms with Crippen molar-refractivity contribution >= 4 is 17.3 Å². The van der Waals surface area contributed by atoms with Crippen LogP contribution >= 0.6 is 0 Å². The van der Waals surface area contributed by atoms with E-state index >= 15 is 0 Å². The minimum atomic E-state index is 0.305. The molecular formula is C15H21N3O. The lowest BCUT2D eigenvalue weighted by Crippen LogP contribution is -2.49. The minimum Gasteiger partial charge on any atom is -0.399 e. The zero-order valence-corrected chi connectivity index (χ0v) is 11.4. The van der Waals surface area contributed by atoms with E-state index in [9.17, 15) is 4.79 Å². The third-order valence-corrected chi connectivity index (χ3v) is 4.25. The maximum atomic E-state index is 12.2. The van der Waals surface area contributed by atoms with Gasteiger partial charge in [0.25, 0.3) is 0 Å². The first kappa shape index (κ1) is 12.3. The lowest BCUT2D eigenvalue weighted by atomic mass is 10.2. The van der Waals surface area contributed by atoms with Crippen LogP contribution in [-0.2, 0) is 4.79 Å². The van der Waals surface area contributed by atoms with Crippen LogP contribution in [0.25, 0.3) is 0 Å². The maximum Gasteiger partial charge on any atom is 0.226 e. The van der Waals surface area contributed by atoms with E-state index in [1.54, 1.807) is 0 Å². The minimum absolute atomic E-state index is 0.305. The first-order valence-electron chi connectivity index (χ1n) is 7.04. The molecule has 2 fully saturated rings. The second-order valence-corrected chi connectivity index (χ2v) is 5.73. The summed E-state index contributed by atoms with van der Waals surface area (Å²) < 4.78 is 0. The Morgan fingerprint density at radius 1 is 1.26 bits per heavy atom. The van der Waals surface area contributed by atoms with Gasteiger partial charge in [0.2, 0.25) is 5.91 Å². The molecule has 1 aliphatic carbocycles. The zero-order chi connectivity index (χ0) is 13.4. The predicted octanol–water partition coefficient (Wildman–Crippen LogP) is 1.57. The van der Waals surface area contributed by atoms with Crippen molar-refractivity contribution in [3.05, 3.63) is 24.3 Å². The van der Waals surface area contributed by atoms with Gasteiger partial charge in [-0.2, -0.15) is 0 Å². The van der Waals surface area contributed by atoms with Crippen LogP contribution < -0.4 is 10.6 Å². The lowest BCUT2D eigenvalue weighted by Gasteiger charge is -2.36. The van der Waals surface area contributed by atoms with Crippen LogP contribution in [0.3, 0.4) is 0 Å². The quantitative estimate of drug-likeness (QED) is 0.820. The summed E-state index contributed by atoms with van der Waals surface area (Å²) in [6, 6.07) is 7.96. The van der Waals surface area contributed by atoms with Gasteiger partial charge in [0.15, 0.2) is 0 Å². The van der Waals surface area contributed by atoms with Gasteiger partial charge < -0.3 is 15.5 Å². The average Bonchev–Trinajstić information content (AvgIpc) is 3.15. The molecule has 0 radical (unpaired) electrons. The van der Waals surface area contributed by atoms with Crippen LogP contribution in [0, 0.1) is 11.8 Å². The molecule has 1 aromatic carbocycles. The Labute approximate surface area is 114 Å². The van der Waals surface area contributed by atoms with Gasteiger partial charge in [0.1, 0.15) is 0 Å². The summed E-state index contributed by atoms with van der Waals surface area (Å²) in [5.41, 5.74) is 7.77. The highest BCUT2D eigenvalue weighted by molar-refractivity contribution is 5.81. The first-order chi connectivity index (χ1) is 9.15. The zero-order valence-electron chi connectivity index (χ0n) is 11.4. The molecule has 1 aliphatic heterocycles. The lowest BCUT2D eigenvalue weighted by molar-refractivity contribution is -0.133. The summed E-state index contributed by atoms with van der Waals surface area (Å²) in [6.07, 6.45) is 1.08. The molecule has 1 heterocycles. The number of anilines is 2. The van der Waals surface area contributed by atoms with Gasteiger partial charge in [-0.15, -0.1) is 0 Å². The van der Waals surface area contributed by atoms with Gasteiger partial charge in [0.05, 0.1) is 0 Å². The van der Waals surface area contributed by atoms with Crippen molar-refractivity contribution in [3.8, 4) is 0 Å². The highest BCUT2D eigenvalue weighted by Crippen LogP contribution is 2.39. The third-order valence-electron chi connectivity index (χ3n) is 4.25. The van der Waals surface area contributed by atoms with Gasteiger partial charge in [-0.05, 0) is 30.5 Å². The third kappa shape index (κ3) is 2.53. The van der Waals surface area contributed by atoms with Crippen LogP contribution in [-0.4, -0.2) is 37.0 Å². The van der Waals surface area contributed by atoms with E-state index in [4.69, 9.17) is 5.73 Å². The molecule has 4 heteroatoms. The summed E-state index contributed by atoms with van der Waals surface area (Å²) in [4.78, 5) is 16.5. The molecule has 1 saturated heterocycles. The SMILES string of the molecule is CC1CC1C(=O)N1CCN(c2cccc(N)c2)CC1. The number of carbonyl (C=O) groups excluding carboxylic acids is 1. The second-order valence-electron chi connectivity index (χ2n) is 5.73. The van der Waals surface area contributed by atoms with Crippen LogP contribution in [0.15, 0.2) is 24.3 Å². The Bertz CT molecular complexity index is 480. The fourth-order valence-corrected chi connectivity index (χ4v) is 2.81. The number of amides is 1. The van der Waals surface area contributed by atoms with Crippen molar-refractivity contribution in [2.75, 3.05) is 36.8 Å². The van der Waals surface area contributed by atoms with Crippen LogP contribution in [0.4, 0.5) is 11.4 Å². The van der Waals surface area contributed by atoms with E-state index in [2.05, 4.69) is 17.9 Å². The Kier molecular flexibility index (Phi) is 3.09. The summed E-state index contributed by atoms with van der Waals surface area (Å²) in [5.74, 6) is 1.26. The van der Waals surface area contributed by atoms with Crippen molar-refractivity contribution in [2.45, 2.75) is 13.3 Å². The fourth-order valence-electron chi connectivity index (χ4n) is 2.81. The van der Waals surface area contributed by atoms with Gasteiger partial charge in [-0.3, -0.25) is 4.79 Å². The molecule has 3 rings (SSSR count). The van der Waals surface area contributed by atoms with Gasteiger partial charge in [0, 0.05) is 43.5 Å². The highest BCUT2D eigenvalue weighted by Gasteiger charge is 2.41. The van der Waals surface area contributed by atoms with Gasteiger partial charge >= 0.3 is 0 Å². The van der Waals surface area contributed by atoms with Crippen molar-refractivity contribution in [1.29, 1.82) is 0 Å². The first-order valence-corrected chi connectivity index (χ1v) is 7.04. The topological polar surface area (TPSA) is 49.6 Å². The molecule has 0 aromatic heterocycles. The molecule has 2 unspecified atom stereocenters. The number of rotatable bonds is 2. The molecule has 0 bridgehead atoms. The van der Waals surface area contributed by atoms with E-state index in [-0.39, 0.29) is 0 Å². The van der Waals surface area contributed by atoms with E-state index in [1.807, 2.05) is 23.1 Å². The number of carbonyl (C=O) groups is 1. The van der Waals surface area contributed by atoms with Crippen LogP contribution in [0.1, 0.15) is 13.3 Å². The van der Waals surface area contributed by atoms with Gasteiger partial charge in [-0.25, -0.2) is 0 Å². The number of hydrogen-bond acceptors (Lipinski definition) is 3. The molecule has 1 aromatic rings. The Hall–Kier alpha value is -1.71. The van der Waals surface area contributed by atoms with E-state index in [0.717, 1.165) is 44.0 Å². The molecule has 4 nitrogen and oxygen atoms in total. The molecule has 102 valence electrons. The Morgan fingerprint density at radius 2 is 1.95 bits per heavy atom. The Balaban J connectivity index is 1.59. The van der Waals surface area contributed by atoms with Gasteiger partial charge in [-0.1, -0.05) is 13.0 Å². The monoisotopic (exact) mass is 259 g/mol. The smallest absolute Gasteiger partial charge is 0.226 e. The largest absolute Gasteiger partial charge is 0.399 e. The average molecular weight is 259 g/mol. The fraction of sp³-hybridized carbons (Fsp3) is 0.533. The second kappa shape index (κ2) is 4.76. The number of hydrogen-bond donors (Lipinski definition) is 1. The number of nitrogen functional groups attached to an aromatic ring is 1.